The van der Waals surface area contributed by atoms with Crippen LogP contribution in [0.1, 0.15) is 17.7 Å². The van der Waals surface area contributed by atoms with E-state index in [0.29, 0.717) is 10.0 Å². The lowest BCUT2D eigenvalue weighted by Crippen LogP contribution is -2.17. The zero-order chi connectivity index (χ0) is 13.1. The number of anilines is 1. The molecule has 0 saturated carbocycles. The van der Waals surface area contributed by atoms with Crippen LogP contribution in [0, 0.1) is 0 Å². The van der Waals surface area contributed by atoms with Crippen molar-refractivity contribution < 1.29 is 9.90 Å². The number of nitrogens with one attached hydrogen (secondary N) is 1. The molecule has 2 N–H and O–H groups in total. The third-order valence-electron chi connectivity index (χ3n) is 2.53. The lowest BCUT2D eigenvalue weighted by Gasteiger charge is -2.10. The van der Waals surface area contributed by atoms with Crippen LogP contribution < -0.4 is 5.32 Å². The Kier molecular flexibility index (Phi) is 3.89. The van der Waals surface area contributed by atoms with Crippen LogP contribution in [0.15, 0.2) is 36.4 Å². The van der Waals surface area contributed by atoms with Gasteiger partial charge in [-0.05, 0) is 31.2 Å². The maximum absolute atomic E-state index is 12.0. The van der Waals surface area contributed by atoms with E-state index in [1.165, 1.54) is 17.4 Å². The molecule has 0 unspecified atom stereocenters. The molecule has 1 heterocycles. The summed E-state index contributed by atoms with van der Waals surface area (Å²) < 4.78 is 0.669. The maximum atomic E-state index is 12.0. The number of aromatic hydroxyl groups is 1. The third-order valence-corrected chi connectivity index (χ3v) is 3.94. The first-order valence-electron chi connectivity index (χ1n) is 5.41. The summed E-state index contributed by atoms with van der Waals surface area (Å²) in [5.74, 6) is -0.274. The van der Waals surface area contributed by atoms with Crippen LogP contribution in [0.2, 0.25) is 4.34 Å². The molecular formula is C13H12ClNO2S. The lowest BCUT2D eigenvalue weighted by molar-refractivity contribution is -0.117. The first kappa shape index (κ1) is 12.9. The van der Waals surface area contributed by atoms with Gasteiger partial charge in [-0.15, -0.1) is 11.3 Å². The highest BCUT2D eigenvalue weighted by atomic mass is 35.5. The van der Waals surface area contributed by atoms with E-state index >= 15 is 0 Å². The predicted molar refractivity (Wildman–Crippen MR) is 74.5 cm³/mol. The number of hydrogen-bond donors (Lipinski definition) is 2. The van der Waals surface area contributed by atoms with Crippen molar-refractivity contribution in [2.24, 2.45) is 0 Å². The molecule has 0 aliphatic rings. The van der Waals surface area contributed by atoms with E-state index in [4.69, 9.17) is 11.6 Å². The van der Waals surface area contributed by atoms with Crippen molar-refractivity contribution in [2.75, 3.05) is 5.32 Å². The molecule has 0 bridgehead atoms. The molecule has 3 nitrogen and oxygen atoms in total. The fourth-order valence-corrected chi connectivity index (χ4v) is 2.64. The highest BCUT2D eigenvalue weighted by molar-refractivity contribution is 7.16. The second-order valence-electron chi connectivity index (χ2n) is 3.90. The predicted octanol–water partition coefficient (Wildman–Crippen LogP) is 3.85. The SMILES string of the molecule is C[C@@H](C(=O)Nc1cccc(O)c1)c1ccc(Cl)s1. The number of phenols is 1. The highest BCUT2D eigenvalue weighted by Gasteiger charge is 2.17. The van der Waals surface area contributed by atoms with Crippen LogP contribution in [0.3, 0.4) is 0 Å². The van der Waals surface area contributed by atoms with Gasteiger partial charge < -0.3 is 10.4 Å². The molecule has 5 heteroatoms. The van der Waals surface area contributed by atoms with Gasteiger partial charge in [-0.25, -0.2) is 0 Å². The monoisotopic (exact) mass is 281 g/mol. The van der Waals surface area contributed by atoms with Gasteiger partial charge in [0.05, 0.1) is 10.3 Å². The summed E-state index contributed by atoms with van der Waals surface area (Å²) >= 11 is 7.24. The number of rotatable bonds is 3. The van der Waals surface area contributed by atoms with Gasteiger partial charge in [0.25, 0.3) is 0 Å². The topological polar surface area (TPSA) is 49.3 Å². The number of phenolic OH excluding ortho intramolecular Hbond substituents is 1. The van der Waals surface area contributed by atoms with Crippen molar-refractivity contribution in [2.45, 2.75) is 12.8 Å². The summed E-state index contributed by atoms with van der Waals surface area (Å²) in [6.07, 6.45) is 0. The Bertz CT molecular complexity index is 568. The van der Waals surface area contributed by atoms with Crippen LogP contribution in [0.25, 0.3) is 0 Å². The maximum Gasteiger partial charge on any atom is 0.232 e. The van der Waals surface area contributed by atoms with Crippen molar-refractivity contribution in [3.8, 4) is 5.75 Å². The summed E-state index contributed by atoms with van der Waals surface area (Å²) in [4.78, 5) is 12.9. The van der Waals surface area contributed by atoms with E-state index in [9.17, 15) is 9.90 Å². The van der Waals surface area contributed by atoms with Crippen LogP contribution >= 0.6 is 22.9 Å². The Balaban J connectivity index is 2.08. The molecule has 1 amide bonds. The molecule has 1 aromatic carbocycles. The Morgan fingerprint density at radius 3 is 2.78 bits per heavy atom. The van der Waals surface area contributed by atoms with Crippen molar-refractivity contribution in [1.82, 2.24) is 0 Å². The number of halogens is 1. The molecule has 0 radical (unpaired) electrons. The molecule has 1 atom stereocenters. The summed E-state index contributed by atoms with van der Waals surface area (Å²) in [5.41, 5.74) is 0.578. The normalized spacial score (nSPS) is 12.1. The fraction of sp³-hybridized carbons (Fsp3) is 0.154. The average molecular weight is 282 g/mol. The van der Waals surface area contributed by atoms with Gasteiger partial charge in [0, 0.05) is 16.6 Å². The zero-order valence-electron chi connectivity index (χ0n) is 9.68. The number of thiophene rings is 1. The molecule has 0 aliphatic heterocycles. The molecule has 94 valence electrons. The standard InChI is InChI=1S/C13H12ClNO2S/c1-8(11-5-6-12(14)18-11)13(17)15-9-3-2-4-10(16)7-9/h2-8,16H,1H3,(H,15,17)/t8-/m1/s1. The van der Waals surface area contributed by atoms with Crippen molar-refractivity contribution >= 4 is 34.5 Å². The molecule has 0 aliphatic carbocycles. The molecule has 18 heavy (non-hydrogen) atoms. The van der Waals surface area contributed by atoms with Gasteiger partial charge in [0.2, 0.25) is 5.91 Å². The number of carbonyl (C=O) groups excluding carboxylic acids is 1. The molecule has 1 aromatic heterocycles. The van der Waals surface area contributed by atoms with Crippen molar-refractivity contribution in [3.63, 3.8) is 0 Å². The van der Waals surface area contributed by atoms with Crippen LogP contribution in [-0.4, -0.2) is 11.0 Å². The lowest BCUT2D eigenvalue weighted by atomic mass is 10.1. The minimum absolute atomic E-state index is 0.125. The van der Waals surface area contributed by atoms with Gasteiger partial charge in [-0.2, -0.15) is 0 Å². The Hall–Kier alpha value is -1.52. The number of amides is 1. The summed E-state index contributed by atoms with van der Waals surface area (Å²) in [5, 5.41) is 12.1. The van der Waals surface area contributed by atoms with E-state index in [1.54, 1.807) is 24.3 Å². The Morgan fingerprint density at radius 2 is 2.17 bits per heavy atom. The molecule has 2 rings (SSSR count). The smallest absolute Gasteiger partial charge is 0.232 e. The van der Waals surface area contributed by atoms with E-state index in [2.05, 4.69) is 5.32 Å². The van der Waals surface area contributed by atoms with Gasteiger partial charge >= 0.3 is 0 Å². The first-order valence-corrected chi connectivity index (χ1v) is 6.61. The summed E-state index contributed by atoms with van der Waals surface area (Å²) in [6.45, 7) is 1.82. The van der Waals surface area contributed by atoms with E-state index in [1.807, 2.05) is 13.0 Å². The van der Waals surface area contributed by atoms with E-state index in [0.717, 1.165) is 4.88 Å². The molecular weight excluding hydrogens is 270 g/mol. The van der Waals surface area contributed by atoms with Gasteiger partial charge in [-0.3, -0.25) is 4.79 Å². The molecule has 0 fully saturated rings. The van der Waals surface area contributed by atoms with E-state index < -0.39 is 0 Å². The molecule has 2 aromatic rings. The minimum Gasteiger partial charge on any atom is -0.508 e. The highest BCUT2D eigenvalue weighted by Crippen LogP contribution is 2.29. The average Bonchev–Trinajstić information content (AvgIpc) is 2.75. The minimum atomic E-state index is -0.273. The molecule has 0 spiro atoms. The van der Waals surface area contributed by atoms with Gasteiger partial charge in [0.1, 0.15) is 5.75 Å². The summed E-state index contributed by atoms with van der Waals surface area (Å²) in [7, 11) is 0. The number of hydrogen-bond acceptors (Lipinski definition) is 3. The number of benzene rings is 1. The second-order valence-corrected chi connectivity index (χ2v) is 5.65. The zero-order valence-corrected chi connectivity index (χ0v) is 11.3. The Labute approximate surface area is 114 Å². The first-order chi connectivity index (χ1) is 8.56. The van der Waals surface area contributed by atoms with E-state index in [-0.39, 0.29) is 17.6 Å². The quantitative estimate of drug-likeness (QED) is 0.898. The van der Waals surface area contributed by atoms with Crippen molar-refractivity contribution in [3.05, 3.63) is 45.6 Å². The van der Waals surface area contributed by atoms with Gasteiger partial charge in [-0.1, -0.05) is 17.7 Å². The third kappa shape index (κ3) is 3.03. The van der Waals surface area contributed by atoms with Gasteiger partial charge in [0.15, 0.2) is 0 Å². The number of carbonyl (C=O) groups is 1. The second kappa shape index (κ2) is 5.42. The van der Waals surface area contributed by atoms with Crippen LogP contribution in [0.4, 0.5) is 5.69 Å². The Morgan fingerprint density at radius 1 is 1.39 bits per heavy atom. The van der Waals surface area contributed by atoms with Crippen LogP contribution in [0.5, 0.6) is 5.75 Å². The molecule has 0 saturated heterocycles. The van der Waals surface area contributed by atoms with Crippen LogP contribution in [-0.2, 0) is 4.79 Å². The summed E-state index contributed by atoms with van der Waals surface area (Å²) in [6, 6.07) is 10.1. The largest absolute Gasteiger partial charge is 0.508 e. The fourth-order valence-electron chi connectivity index (χ4n) is 1.52. The van der Waals surface area contributed by atoms with Crippen molar-refractivity contribution in [1.29, 1.82) is 0 Å².